The first-order valence-electron chi connectivity index (χ1n) is 10.6. The van der Waals surface area contributed by atoms with Crippen molar-refractivity contribution in [1.29, 1.82) is 0 Å². The SMILES string of the molecule is Cc1cc(N(C)C)nc(Nc2ccc(NC(=O)c3cccc(Oc4ccc(F)cc4)c3)cc2)n1. The summed E-state index contributed by atoms with van der Waals surface area (Å²) in [5.41, 5.74) is 2.73. The number of hydrogen-bond donors (Lipinski definition) is 2. The number of halogens is 1. The zero-order chi connectivity index (χ0) is 24.1. The molecule has 0 unspecified atom stereocenters. The third-order valence-electron chi connectivity index (χ3n) is 4.84. The number of ether oxygens (including phenoxy) is 1. The average Bonchev–Trinajstić information content (AvgIpc) is 2.81. The first kappa shape index (κ1) is 22.7. The number of nitrogens with one attached hydrogen (secondary N) is 2. The molecule has 0 aliphatic carbocycles. The van der Waals surface area contributed by atoms with Crippen LogP contribution in [0.15, 0.2) is 78.9 Å². The monoisotopic (exact) mass is 457 g/mol. The second-order valence-corrected chi connectivity index (χ2v) is 7.83. The zero-order valence-electron chi connectivity index (χ0n) is 19.0. The van der Waals surface area contributed by atoms with Crippen molar-refractivity contribution in [2.24, 2.45) is 0 Å². The molecule has 172 valence electrons. The molecule has 34 heavy (non-hydrogen) atoms. The first-order valence-corrected chi connectivity index (χ1v) is 10.6. The van der Waals surface area contributed by atoms with Crippen molar-refractivity contribution in [2.75, 3.05) is 29.6 Å². The number of carbonyl (C=O) groups excluding carboxylic acids is 1. The van der Waals surface area contributed by atoms with E-state index in [1.807, 2.05) is 44.1 Å². The lowest BCUT2D eigenvalue weighted by Crippen LogP contribution is -2.13. The van der Waals surface area contributed by atoms with Crippen LogP contribution in [0, 0.1) is 12.7 Å². The largest absolute Gasteiger partial charge is 0.457 e. The van der Waals surface area contributed by atoms with Gasteiger partial charge in [0.1, 0.15) is 23.1 Å². The predicted octanol–water partition coefficient (Wildman–Crippen LogP) is 5.78. The Balaban J connectivity index is 1.41. The third-order valence-corrected chi connectivity index (χ3v) is 4.84. The van der Waals surface area contributed by atoms with Crippen LogP contribution in [0.5, 0.6) is 11.5 Å². The van der Waals surface area contributed by atoms with E-state index >= 15 is 0 Å². The standard InChI is InChI=1S/C26H24FN5O2/c1-17-15-24(32(2)3)31-26(28-17)30-21-11-9-20(10-12-21)29-25(33)18-5-4-6-23(16-18)34-22-13-7-19(27)8-14-22/h4-16H,1-3H3,(H,29,33)(H,28,30,31). The summed E-state index contributed by atoms with van der Waals surface area (Å²) in [6.07, 6.45) is 0. The summed E-state index contributed by atoms with van der Waals surface area (Å²) < 4.78 is 18.8. The summed E-state index contributed by atoms with van der Waals surface area (Å²) in [4.78, 5) is 23.5. The van der Waals surface area contributed by atoms with E-state index in [4.69, 9.17) is 4.74 Å². The fourth-order valence-electron chi connectivity index (χ4n) is 3.15. The van der Waals surface area contributed by atoms with E-state index in [0.29, 0.717) is 28.7 Å². The summed E-state index contributed by atoms with van der Waals surface area (Å²) in [6.45, 7) is 1.91. The van der Waals surface area contributed by atoms with Crippen LogP contribution in [0.1, 0.15) is 16.1 Å². The number of benzene rings is 3. The predicted molar refractivity (Wildman–Crippen MR) is 132 cm³/mol. The van der Waals surface area contributed by atoms with Crippen molar-refractivity contribution < 1.29 is 13.9 Å². The van der Waals surface area contributed by atoms with E-state index in [0.717, 1.165) is 17.2 Å². The van der Waals surface area contributed by atoms with Crippen molar-refractivity contribution in [3.8, 4) is 11.5 Å². The van der Waals surface area contributed by atoms with E-state index in [2.05, 4.69) is 20.6 Å². The summed E-state index contributed by atoms with van der Waals surface area (Å²) in [6, 6.07) is 21.6. The summed E-state index contributed by atoms with van der Waals surface area (Å²) in [5.74, 6) is 1.66. The molecule has 0 aliphatic rings. The van der Waals surface area contributed by atoms with Gasteiger partial charge in [-0.1, -0.05) is 6.07 Å². The molecule has 3 aromatic carbocycles. The highest BCUT2D eigenvalue weighted by Crippen LogP contribution is 2.24. The maximum atomic E-state index is 13.1. The molecule has 0 radical (unpaired) electrons. The first-order chi connectivity index (χ1) is 16.4. The number of rotatable bonds is 7. The van der Waals surface area contributed by atoms with Gasteiger partial charge in [0.2, 0.25) is 5.95 Å². The molecule has 0 atom stereocenters. The topological polar surface area (TPSA) is 79.4 Å². The lowest BCUT2D eigenvalue weighted by molar-refractivity contribution is 0.102. The minimum atomic E-state index is -0.341. The molecule has 0 aliphatic heterocycles. The molecule has 1 heterocycles. The van der Waals surface area contributed by atoms with Crippen LogP contribution >= 0.6 is 0 Å². The highest BCUT2D eigenvalue weighted by Gasteiger charge is 2.09. The molecule has 4 rings (SSSR count). The lowest BCUT2D eigenvalue weighted by atomic mass is 10.2. The number of hydrogen-bond acceptors (Lipinski definition) is 6. The second kappa shape index (κ2) is 9.99. The number of anilines is 4. The second-order valence-electron chi connectivity index (χ2n) is 7.83. The van der Waals surface area contributed by atoms with Crippen LogP contribution in [0.2, 0.25) is 0 Å². The van der Waals surface area contributed by atoms with E-state index in [1.165, 1.54) is 24.3 Å². The Morgan fingerprint density at radius 2 is 1.59 bits per heavy atom. The van der Waals surface area contributed by atoms with Gasteiger partial charge in [-0.2, -0.15) is 4.98 Å². The minimum Gasteiger partial charge on any atom is -0.457 e. The van der Waals surface area contributed by atoms with Crippen LogP contribution < -0.4 is 20.3 Å². The summed E-state index contributed by atoms with van der Waals surface area (Å²) in [5, 5.41) is 6.06. The van der Waals surface area contributed by atoms with E-state index < -0.39 is 0 Å². The molecule has 1 amide bonds. The van der Waals surface area contributed by atoms with Gasteiger partial charge in [-0.3, -0.25) is 4.79 Å². The van der Waals surface area contributed by atoms with Gasteiger partial charge in [0, 0.05) is 42.8 Å². The fourth-order valence-corrected chi connectivity index (χ4v) is 3.15. The molecule has 0 bridgehead atoms. The highest BCUT2D eigenvalue weighted by atomic mass is 19.1. The van der Waals surface area contributed by atoms with Crippen molar-refractivity contribution in [1.82, 2.24) is 9.97 Å². The van der Waals surface area contributed by atoms with Gasteiger partial charge < -0.3 is 20.3 Å². The molecule has 4 aromatic rings. The van der Waals surface area contributed by atoms with Crippen LogP contribution in [-0.4, -0.2) is 30.0 Å². The van der Waals surface area contributed by atoms with E-state index in [9.17, 15) is 9.18 Å². The fraction of sp³-hybridized carbons (Fsp3) is 0.115. The van der Waals surface area contributed by atoms with Gasteiger partial charge in [-0.25, -0.2) is 9.37 Å². The zero-order valence-corrected chi connectivity index (χ0v) is 19.0. The Morgan fingerprint density at radius 3 is 2.29 bits per heavy atom. The van der Waals surface area contributed by atoms with Crippen LogP contribution in [0.4, 0.5) is 27.5 Å². The summed E-state index contributed by atoms with van der Waals surface area (Å²) in [7, 11) is 3.85. The Labute approximate surface area is 197 Å². The van der Waals surface area contributed by atoms with Gasteiger partial charge in [0.15, 0.2) is 0 Å². The van der Waals surface area contributed by atoms with Crippen molar-refractivity contribution in [3.05, 3.63) is 95.9 Å². The van der Waals surface area contributed by atoms with Crippen LogP contribution in [-0.2, 0) is 0 Å². The van der Waals surface area contributed by atoms with E-state index in [-0.39, 0.29) is 11.7 Å². The number of aryl methyl sites for hydroxylation is 1. The molecule has 0 saturated heterocycles. The van der Waals surface area contributed by atoms with E-state index in [1.54, 1.807) is 36.4 Å². The normalized spacial score (nSPS) is 10.5. The molecule has 0 fully saturated rings. The lowest BCUT2D eigenvalue weighted by Gasteiger charge is -2.14. The minimum absolute atomic E-state index is 0.275. The number of amides is 1. The number of carbonyl (C=O) groups is 1. The van der Waals surface area contributed by atoms with Crippen molar-refractivity contribution >= 4 is 29.0 Å². The molecule has 2 N–H and O–H groups in total. The smallest absolute Gasteiger partial charge is 0.255 e. The van der Waals surface area contributed by atoms with Gasteiger partial charge in [0.25, 0.3) is 5.91 Å². The molecular formula is C26H24FN5O2. The Morgan fingerprint density at radius 1 is 0.882 bits per heavy atom. The number of nitrogens with zero attached hydrogens (tertiary/aromatic N) is 3. The molecule has 8 heteroatoms. The van der Waals surface area contributed by atoms with Gasteiger partial charge in [0.05, 0.1) is 0 Å². The van der Waals surface area contributed by atoms with Crippen LogP contribution in [0.3, 0.4) is 0 Å². The van der Waals surface area contributed by atoms with Crippen LogP contribution in [0.25, 0.3) is 0 Å². The highest BCUT2D eigenvalue weighted by molar-refractivity contribution is 6.04. The van der Waals surface area contributed by atoms with Gasteiger partial charge >= 0.3 is 0 Å². The molecule has 0 spiro atoms. The molecule has 7 nitrogen and oxygen atoms in total. The Kier molecular flexibility index (Phi) is 6.68. The molecule has 0 saturated carbocycles. The maximum Gasteiger partial charge on any atom is 0.255 e. The Bertz CT molecular complexity index is 1290. The molecular weight excluding hydrogens is 433 g/mol. The van der Waals surface area contributed by atoms with Crippen molar-refractivity contribution in [2.45, 2.75) is 6.92 Å². The maximum absolute atomic E-state index is 13.1. The van der Waals surface area contributed by atoms with Gasteiger partial charge in [-0.15, -0.1) is 0 Å². The van der Waals surface area contributed by atoms with Crippen molar-refractivity contribution in [3.63, 3.8) is 0 Å². The van der Waals surface area contributed by atoms with Gasteiger partial charge in [-0.05, 0) is 73.7 Å². The Hall–Kier alpha value is -4.46. The summed E-state index contributed by atoms with van der Waals surface area (Å²) >= 11 is 0. The third kappa shape index (κ3) is 5.86. The average molecular weight is 458 g/mol. The quantitative estimate of drug-likeness (QED) is 0.366. The number of aromatic nitrogens is 2. The molecule has 1 aromatic heterocycles.